The Morgan fingerprint density at radius 3 is 3.00 bits per heavy atom. The van der Waals surface area contributed by atoms with Gasteiger partial charge < -0.3 is 0 Å². The molecule has 0 saturated heterocycles. The maximum absolute atomic E-state index is 11.7. The van der Waals surface area contributed by atoms with Gasteiger partial charge in [0.05, 0.1) is 0 Å². The molecule has 1 saturated carbocycles. The van der Waals surface area contributed by atoms with Crippen molar-refractivity contribution in [1.82, 2.24) is 0 Å². The van der Waals surface area contributed by atoms with Gasteiger partial charge in [-0.25, -0.2) is 0 Å². The van der Waals surface area contributed by atoms with E-state index in [1.807, 2.05) is 6.08 Å². The fourth-order valence-corrected chi connectivity index (χ4v) is 2.44. The molecule has 0 amide bonds. The number of ketones is 1. The van der Waals surface area contributed by atoms with Crippen molar-refractivity contribution < 1.29 is 4.79 Å². The molecule has 0 heterocycles. The normalized spacial score (nSPS) is 36.6. The lowest BCUT2D eigenvalue weighted by Crippen LogP contribution is -2.16. The maximum Gasteiger partial charge on any atom is 0.156 e. The van der Waals surface area contributed by atoms with Crippen LogP contribution in [0.15, 0.2) is 23.8 Å². The molecule has 1 unspecified atom stereocenters. The van der Waals surface area contributed by atoms with E-state index >= 15 is 0 Å². The molecule has 2 rings (SSSR count). The number of hydrogen-bond donors (Lipinski definition) is 0. The van der Waals surface area contributed by atoms with Crippen LogP contribution in [0.1, 0.15) is 39.5 Å². The molecule has 1 atom stereocenters. The van der Waals surface area contributed by atoms with Crippen molar-refractivity contribution in [2.45, 2.75) is 39.5 Å². The van der Waals surface area contributed by atoms with Crippen molar-refractivity contribution in [2.75, 3.05) is 0 Å². The van der Waals surface area contributed by atoms with Crippen molar-refractivity contribution in [3.05, 3.63) is 23.8 Å². The molecule has 0 aromatic rings. The molecule has 0 N–H and O–H groups in total. The molecule has 76 valence electrons. The molecule has 0 spiro atoms. The first kappa shape index (κ1) is 9.70. The van der Waals surface area contributed by atoms with E-state index in [0.717, 1.165) is 6.42 Å². The molecule has 14 heavy (non-hydrogen) atoms. The highest BCUT2D eigenvalue weighted by atomic mass is 16.1. The summed E-state index contributed by atoms with van der Waals surface area (Å²) in [5.74, 6) is 0.861. The molecule has 2 aliphatic rings. The van der Waals surface area contributed by atoms with Crippen LogP contribution < -0.4 is 0 Å². The smallest absolute Gasteiger partial charge is 0.156 e. The average Bonchev–Trinajstić information content (AvgIpc) is 2.45. The van der Waals surface area contributed by atoms with E-state index in [2.05, 4.69) is 26.0 Å². The van der Waals surface area contributed by atoms with Gasteiger partial charge >= 0.3 is 0 Å². The van der Waals surface area contributed by atoms with Gasteiger partial charge in [0.25, 0.3) is 0 Å². The second kappa shape index (κ2) is 3.38. The fraction of sp³-hybridized carbons (Fsp3) is 0.615. The summed E-state index contributed by atoms with van der Waals surface area (Å²) in [7, 11) is 0. The Kier molecular flexibility index (Phi) is 2.34. The zero-order valence-corrected chi connectivity index (χ0v) is 9.05. The van der Waals surface area contributed by atoms with Gasteiger partial charge in [0, 0.05) is 6.42 Å². The largest absolute Gasteiger partial charge is 0.295 e. The average molecular weight is 190 g/mol. The van der Waals surface area contributed by atoms with E-state index in [0.29, 0.717) is 18.1 Å². The third-order valence-corrected chi connectivity index (χ3v) is 3.21. The zero-order valence-electron chi connectivity index (χ0n) is 9.05. The van der Waals surface area contributed by atoms with Gasteiger partial charge in [0.1, 0.15) is 0 Å². The van der Waals surface area contributed by atoms with Crippen LogP contribution in [-0.4, -0.2) is 5.78 Å². The molecule has 0 aromatic heterocycles. The summed E-state index contributed by atoms with van der Waals surface area (Å²) in [5, 5.41) is 0. The number of hydrogen-bond acceptors (Lipinski definition) is 1. The Bertz CT molecular complexity index is 307. The first-order valence-corrected chi connectivity index (χ1v) is 5.49. The minimum atomic E-state index is 0.0434. The van der Waals surface area contributed by atoms with Crippen LogP contribution in [0.5, 0.6) is 0 Å². The van der Waals surface area contributed by atoms with Crippen LogP contribution in [0.3, 0.4) is 0 Å². The van der Waals surface area contributed by atoms with Crippen LogP contribution >= 0.6 is 0 Å². The summed E-state index contributed by atoms with van der Waals surface area (Å²) >= 11 is 0. The van der Waals surface area contributed by atoms with Gasteiger partial charge in [0.2, 0.25) is 0 Å². The van der Waals surface area contributed by atoms with E-state index in [1.54, 1.807) is 0 Å². The predicted octanol–water partition coefficient (Wildman–Crippen LogP) is 3.27. The monoisotopic (exact) mass is 190 g/mol. The number of carbonyl (C=O) groups excluding carboxylic acids is 1. The Labute approximate surface area is 85.9 Å². The minimum absolute atomic E-state index is 0.0434. The SMILES string of the molecule is CC1(C)/C=C\C2CCC/C2=C/C(=O)C1. The first-order chi connectivity index (χ1) is 6.57. The van der Waals surface area contributed by atoms with Gasteiger partial charge in [-0.3, -0.25) is 4.79 Å². The Balaban J connectivity index is 2.29. The lowest BCUT2D eigenvalue weighted by atomic mass is 9.82. The predicted molar refractivity (Wildman–Crippen MR) is 58.0 cm³/mol. The first-order valence-electron chi connectivity index (χ1n) is 5.49. The van der Waals surface area contributed by atoms with Crippen molar-refractivity contribution in [3.8, 4) is 0 Å². The zero-order chi connectivity index (χ0) is 10.2. The van der Waals surface area contributed by atoms with E-state index in [1.165, 1.54) is 18.4 Å². The van der Waals surface area contributed by atoms with Gasteiger partial charge in [0.15, 0.2) is 5.78 Å². The molecule has 0 aliphatic heterocycles. The molecule has 1 fully saturated rings. The van der Waals surface area contributed by atoms with Crippen molar-refractivity contribution in [1.29, 1.82) is 0 Å². The summed E-state index contributed by atoms with van der Waals surface area (Å²) in [6.45, 7) is 4.27. The quantitative estimate of drug-likeness (QED) is 0.536. The van der Waals surface area contributed by atoms with Crippen LogP contribution in [-0.2, 0) is 4.79 Å². The lowest BCUT2D eigenvalue weighted by Gasteiger charge is -2.22. The minimum Gasteiger partial charge on any atom is -0.295 e. The van der Waals surface area contributed by atoms with Crippen molar-refractivity contribution in [2.24, 2.45) is 11.3 Å². The van der Waals surface area contributed by atoms with E-state index in [4.69, 9.17) is 0 Å². The molecular weight excluding hydrogens is 172 g/mol. The molecule has 2 aliphatic carbocycles. The van der Waals surface area contributed by atoms with E-state index in [-0.39, 0.29) is 5.41 Å². The van der Waals surface area contributed by atoms with E-state index < -0.39 is 0 Å². The molecule has 0 aromatic carbocycles. The Hall–Kier alpha value is -0.850. The van der Waals surface area contributed by atoms with Crippen molar-refractivity contribution >= 4 is 5.78 Å². The molecule has 1 nitrogen and oxygen atoms in total. The molecule has 0 bridgehead atoms. The lowest BCUT2D eigenvalue weighted by molar-refractivity contribution is -0.116. The van der Waals surface area contributed by atoms with Gasteiger partial charge in [-0.05, 0) is 36.7 Å². The number of rotatable bonds is 0. The number of fused-ring (bicyclic) bond motifs is 1. The second-order valence-corrected chi connectivity index (χ2v) is 5.21. The van der Waals surface area contributed by atoms with Crippen molar-refractivity contribution in [3.63, 3.8) is 0 Å². The van der Waals surface area contributed by atoms with Gasteiger partial charge in [-0.1, -0.05) is 31.6 Å². The van der Waals surface area contributed by atoms with E-state index in [9.17, 15) is 4.79 Å². The third-order valence-electron chi connectivity index (χ3n) is 3.21. The standard InChI is InChI=1S/C13H18O/c1-13(2)7-6-10-4-3-5-11(10)8-12(14)9-13/h6-8,10H,3-5,9H2,1-2H3/b7-6-,11-8-. The summed E-state index contributed by atoms with van der Waals surface area (Å²) < 4.78 is 0. The number of carbonyl (C=O) groups is 1. The highest BCUT2D eigenvalue weighted by molar-refractivity contribution is 5.91. The molecule has 1 heteroatoms. The van der Waals surface area contributed by atoms with Crippen LogP contribution in [0.4, 0.5) is 0 Å². The topological polar surface area (TPSA) is 17.1 Å². The summed E-state index contributed by atoms with van der Waals surface area (Å²) in [6, 6.07) is 0. The Morgan fingerprint density at radius 2 is 2.21 bits per heavy atom. The highest BCUT2D eigenvalue weighted by Crippen LogP contribution is 2.36. The van der Waals surface area contributed by atoms with Crippen LogP contribution in [0.2, 0.25) is 0 Å². The summed E-state index contributed by atoms with van der Waals surface area (Å²) in [6.07, 6.45) is 10.7. The van der Waals surface area contributed by atoms with Gasteiger partial charge in [-0.15, -0.1) is 0 Å². The Morgan fingerprint density at radius 1 is 1.43 bits per heavy atom. The van der Waals surface area contributed by atoms with Crippen LogP contribution in [0, 0.1) is 11.3 Å². The second-order valence-electron chi connectivity index (χ2n) is 5.21. The third kappa shape index (κ3) is 1.97. The number of allylic oxidation sites excluding steroid dienone is 4. The van der Waals surface area contributed by atoms with Gasteiger partial charge in [-0.2, -0.15) is 0 Å². The fourth-order valence-electron chi connectivity index (χ4n) is 2.44. The maximum atomic E-state index is 11.7. The summed E-state index contributed by atoms with van der Waals surface area (Å²) in [5.41, 5.74) is 1.41. The van der Waals surface area contributed by atoms with Crippen LogP contribution in [0.25, 0.3) is 0 Å². The molecular formula is C13H18O. The summed E-state index contributed by atoms with van der Waals surface area (Å²) in [4.78, 5) is 11.7. The molecule has 0 radical (unpaired) electrons. The highest BCUT2D eigenvalue weighted by Gasteiger charge is 2.25.